The van der Waals surface area contributed by atoms with E-state index >= 15 is 0 Å². The third kappa shape index (κ3) is 5.34. The first-order valence-corrected chi connectivity index (χ1v) is 8.45. The molecule has 0 aromatic heterocycles. The summed E-state index contributed by atoms with van der Waals surface area (Å²) in [5.41, 5.74) is 0.525. The first kappa shape index (κ1) is 19.0. The van der Waals surface area contributed by atoms with Crippen molar-refractivity contribution in [3.05, 3.63) is 28.2 Å². The Morgan fingerprint density at radius 2 is 1.83 bits per heavy atom. The van der Waals surface area contributed by atoms with Crippen LogP contribution >= 0.6 is 23.2 Å². The zero-order chi connectivity index (χ0) is 17.7. The van der Waals surface area contributed by atoms with Gasteiger partial charge in [-0.05, 0) is 32.2 Å². The van der Waals surface area contributed by atoms with Crippen LogP contribution < -0.4 is 5.32 Å². The topological polar surface area (TPSA) is 61.9 Å². The highest BCUT2D eigenvalue weighted by Crippen LogP contribution is 2.22. The summed E-state index contributed by atoms with van der Waals surface area (Å²) in [5, 5.41) is 3.65. The van der Waals surface area contributed by atoms with Gasteiger partial charge in [0, 0.05) is 28.8 Å². The average Bonchev–Trinajstić information content (AvgIpc) is 2.53. The smallest absolute Gasteiger partial charge is 0.241 e. The second-order valence-electron chi connectivity index (χ2n) is 5.73. The fourth-order valence-corrected chi connectivity index (χ4v) is 2.86. The predicted molar refractivity (Wildman–Crippen MR) is 94.6 cm³/mol. The molecule has 2 rings (SSSR count). The molecule has 0 bridgehead atoms. The van der Waals surface area contributed by atoms with Crippen molar-refractivity contribution in [2.75, 3.05) is 45.2 Å². The van der Waals surface area contributed by atoms with Gasteiger partial charge < -0.3 is 15.0 Å². The molecule has 6 nitrogen and oxygen atoms in total. The Hall–Kier alpha value is -1.34. The number of nitrogens with one attached hydrogen (secondary N) is 1. The maximum Gasteiger partial charge on any atom is 0.241 e. The van der Waals surface area contributed by atoms with Crippen molar-refractivity contribution in [2.24, 2.45) is 0 Å². The average molecular weight is 374 g/mol. The van der Waals surface area contributed by atoms with Crippen molar-refractivity contribution >= 4 is 40.7 Å². The van der Waals surface area contributed by atoms with Gasteiger partial charge in [-0.15, -0.1) is 0 Å². The van der Waals surface area contributed by atoms with Crippen LogP contribution in [0.4, 0.5) is 5.69 Å². The van der Waals surface area contributed by atoms with Crippen LogP contribution in [0.25, 0.3) is 0 Å². The fourth-order valence-electron chi connectivity index (χ4n) is 2.34. The number of halogens is 2. The molecule has 2 amide bonds. The lowest BCUT2D eigenvalue weighted by atomic mass is 10.2. The minimum absolute atomic E-state index is 0.00810. The van der Waals surface area contributed by atoms with E-state index in [9.17, 15) is 9.59 Å². The molecular formula is C16H21Cl2N3O3. The molecule has 1 aromatic rings. The fraction of sp³-hybridized carbons (Fsp3) is 0.500. The standard InChI is InChI=1S/C16H21Cl2N3O3/c1-11(16(23)19-14-8-12(17)7-13(18)9-14)20(2)10-15(22)21-3-5-24-6-4-21/h7-9,11H,3-6,10H2,1-2H3,(H,19,23). The molecule has 1 unspecified atom stereocenters. The van der Waals surface area contributed by atoms with Crippen molar-refractivity contribution in [3.63, 3.8) is 0 Å². The summed E-state index contributed by atoms with van der Waals surface area (Å²) in [4.78, 5) is 28.1. The highest BCUT2D eigenvalue weighted by molar-refractivity contribution is 6.35. The molecule has 0 spiro atoms. The van der Waals surface area contributed by atoms with Gasteiger partial charge in [-0.2, -0.15) is 0 Å². The van der Waals surface area contributed by atoms with E-state index in [0.29, 0.717) is 42.0 Å². The largest absolute Gasteiger partial charge is 0.378 e. The van der Waals surface area contributed by atoms with Crippen LogP contribution in [0, 0.1) is 0 Å². The molecule has 1 atom stereocenters. The maximum absolute atomic E-state index is 12.4. The minimum Gasteiger partial charge on any atom is -0.378 e. The normalized spacial score (nSPS) is 16.1. The van der Waals surface area contributed by atoms with Crippen LogP contribution in [0.1, 0.15) is 6.92 Å². The second-order valence-corrected chi connectivity index (χ2v) is 6.60. The van der Waals surface area contributed by atoms with Crippen LogP contribution in [0.5, 0.6) is 0 Å². The van der Waals surface area contributed by atoms with Crippen molar-refractivity contribution in [1.29, 1.82) is 0 Å². The first-order valence-electron chi connectivity index (χ1n) is 7.69. The molecule has 1 aliphatic rings. The Labute approximate surface area is 151 Å². The lowest BCUT2D eigenvalue weighted by Crippen LogP contribution is -2.48. The number of anilines is 1. The molecule has 0 aliphatic carbocycles. The van der Waals surface area contributed by atoms with E-state index in [1.54, 1.807) is 42.0 Å². The Kier molecular flexibility index (Phi) is 6.86. The van der Waals surface area contributed by atoms with Crippen molar-refractivity contribution in [1.82, 2.24) is 9.80 Å². The third-order valence-corrected chi connectivity index (χ3v) is 4.36. The van der Waals surface area contributed by atoms with Gasteiger partial charge in [0.15, 0.2) is 0 Å². The first-order chi connectivity index (χ1) is 11.4. The highest BCUT2D eigenvalue weighted by atomic mass is 35.5. The van der Waals surface area contributed by atoms with Crippen LogP contribution in [0.2, 0.25) is 10.0 Å². The summed E-state index contributed by atoms with van der Waals surface area (Å²) < 4.78 is 5.23. The Morgan fingerprint density at radius 1 is 1.25 bits per heavy atom. The third-order valence-electron chi connectivity index (χ3n) is 3.92. The number of hydrogen-bond donors (Lipinski definition) is 1. The Morgan fingerprint density at radius 3 is 2.42 bits per heavy atom. The second kappa shape index (κ2) is 8.67. The van der Waals surface area contributed by atoms with E-state index in [1.807, 2.05) is 0 Å². The maximum atomic E-state index is 12.4. The van der Waals surface area contributed by atoms with E-state index in [1.165, 1.54) is 0 Å². The van der Waals surface area contributed by atoms with Crippen molar-refractivity contribution < 1.29 is 14.3 Å². The van der Waals surface area contributed by atoms with E-state index < -0.39 is 6.04 Å². The number of likely N-dealkylation sites (N-methyl/N-ethyl adjacent to an activating group) is 1. The number of carbonyl (C=O) groups excluding carboxylic acids is 2. The SMILES string of the molecule is CC(C(=O)Nc1cc(Cl)cc(Cl)c1)N(C)CC(=O)N1CCOCC1. The van der Waals surface area contributed by atoms with Crippen LogP contribution in [0.15, 0.2) is 18.2 Å². The molecule has 0 saturated carbocycles. The van der Waals surface area contributed by atoms with Crippen LogP contribution in [-0.4, -0.2) is 67.6 Å². The van der Waals surface area contributed by atoms with Gasteiger partial charge in [0.1, 0.15) is 0 Å². The number of nitrogens with zero attached hydrogens (tertiary/aromatic N) is 2. The molecule has 1 aliphatic heterocycles. The molecule has 1 saturated heterocycles. The van der Waals surface area contributed by atoms with Gasteiger partial charge in [-0.3, -0.25) is 14.5 Å². The summed E-state index contributed by atoms with van der Waals surface area (Å²) in [6.45, 7) is 4.21. The number of benzene rings is 1. The van der Waals surface area contributed by atoms with E-state index in [4.69, 9.17) is 27.9 Å². The molecule has 8 heteroatoms. The lowest BCUT2D eigenvalue weighted by molar-refractivity contribution is -0.137. The number of carbonyl (C=O) groups is 2. The van der Waals surface area contributed by atoms with E-state index in [0.717, 1.165) is 0 Å². The van der Waals surface area contributed by atoms with E-state index in [-0.39, 0.29) is 18.4 Å². The van der Waals surface area contributed by atoms with Crippen molar-refractivity contribution in [3.8, 4) is 0 Å². The summed E-state index contributed by atoms with van der Waals surface area (Å²) in [7, 11) is 1.74. The molecule has 24 heavy (non-hydrogen) atoms. The van der Waals surface area contributed by atoms with Gasteiger partial charge in [0.25, 0.3) is 0 Å². The zero-order valence-electron chi connectivity index (χ0n) is 13.7. The number of amides is 2. The van der Waals surface area contributed by atoms with Crippen molar-refractivity contribution in [2.45, 2.75) is 13.0 Å². The number of rotatable bonds is 5. The Balaban J connectivity index is 1.90. The number of ether oxygens (including phenoxy) is 1. The molecule has 1 fully saturated rings. The quantitative estimate of drug-likeness (QED) is 0.858. The van der Waals surface area contributed by atoms with Gasteiger partial charge >= 0.3 is 0 Å². The number of hydrogen-bond acceptors (Lipinski definition) is 4. The highest BCUT2D eigenvalue weighted by Gasteiger charge is 2.23. The Bertz CT molecular complexity index is 586. The molecule has 1 N–H and O–H groups in total. The molecular weight excluding hydrogens is 353 g/mol. The van der Waals surface area contributed by atoms with Crippen LogP contribution in [0.3, 0.4) is 0 Å². The monoisotopic (exact) mass is 373 g/mol. The lowest BCUT2D eigenvalue weighted by Gasteiger charge is -2.30. The van der Waals surface area contributed by atoms with Gasteiger partial charge in [0.05, 0.1) is 25.8 Å². The summed E-state index contributed by atoms with van der Waals surface area (Å²) in [6, 6.07) is 4.36. The summed E-state index contributed by atoms with van der Waals surface area (Å²) >= 11 is 11.8. The molecule has 1 heterocycles. The molecule has 1 aromatic carbocycles. The summed E-state index contributed by atoms with van der Waals surface area (Å²) in [5.74, 6) is -0.239. The van der Waals surface area contributed by atoms with Gasteiger partial charge in [-0.1, -0.05) is 23.2 Å². The zero-order valence-corrected chi connectivity index (χ0v) is 15.2. The predicted octanol–water partition coefficient (Wildman–Crippen LogP) is 2.11. The minimum atomic E-state index is -0.479. The molecule has 132 valence electrons. The van der Waals surface area contributed by atoms with Crippen LogP contribution in [-0.2, 0) is 14.3 Å². The summed E-state index contributed by atoms with van der Waals surface area (Å²) in [6.07, 6.45) is 0. The van der Waals surface area contributed by atoms with Gasteiger partial charge in [-0.25, -0.2) is 0 Å². The number of morpholine rings is 1. The molecule has 0 radical (unpaired) electrons. The van der Waals surface area contributed by atoms with E-state index in [2.05, 4.69) is 5.32 Å². The van der Waals surface area contributed by atoms with Gasteiger partial charge in [0.2, 0.25) is 11.8 Å².